The summed E-state index contributed by atoms with van der Waals surface area (Å²) in [6, 6.07) is 8.47. The molecule has 0 fully saturated rings. The normalized spacial score (nSPS) is 24.9. The molecule has 0 saturated carbocycles. The molecule has 0 aromatic heterocycles. The monoisotopic (exact) mass is 286 g/mol. The fourth-order valence-corrected chi connectivity index (χ4v) is 2.40. The number of ketones is 2. The standard InChI is InChI=1S/C17H18O4/c1-16(2,20)15(19)17(21)11-7-6-10-13(17)14(18)12-8-4-3-5-9-12/h3-11,13,20-21H,1-2H3. The summed E-state index contributed by atoms with van der Waals surface area (Å²) in [6.07, 6.45) is 5.85. The molecule has 0 heterocycles. The highest BCUT2D eigenvalue weighted by Gasteiger charge is 2.50. The third-order valence-corrected chi connectivity index (χ3v) is 3.50. The van der Waals surface area contributed by atoms with Crippen LogP contribution < -0.4 is 0 Å². The van der Waals surface area contributed by atoms with Gasteiger partial charge in [0.1, 0.15) is 5.60 Å². The second kappa shape index (κ2) is 5.39. The predicted molar refractivity (Wildman–Crippen MR) is 78.8 cm³/mol. The van der Waals surface area contributed by atoms with Crippen LogP contribution in [-0.4, -0.2) is 33.0 Å². The van der Waals surface area contributed by atoms with E-state index in [0.29, 0.717) is 5.56 Å². The van der Waals surface area contributed by atoms with Crippen LogP contribution in [0.15, 0.2) is 54.6 Å². The smallest absolute Gasteiger partial charge is 0.200 e. The number of aliphatic hydroxyl groups is 2. The van der Waals surface area contributed by atoms with E-state index in [4.69, 9.17) is 0 Å². The van der Waals surface area contributed by atoms with Crippen molar-refractivity contribution < 1.29 is 19.8 Å². The first-order valence-electron chi connectivity index (χ1n) is 6.72. The molecule has 0 spiro atoms. The van der Waals surface area contributed by atoms with Gasteiger partial charge in [-0.3, -0.25) is 9.59 Å². The molecule has 0 amide bonds. The van der Waals surface area contributed by atoms with Crippen molar-refractivity contribution in [1.29, 1.82) is 0 Å². The van der Waals surface area contributed by atoms with Gasteiger partial charge in [0, 0.05) is 5.56 Å². The van der Waals surface area contributed by atoms with Gasteiger partial charge in [-0.2, -0.15) is 0 Å². The first-order chi connectivity index (χ1) is 9.77. The molecule has 110 valence electrons. The Morgan fingerprint density at radius 2 is 1.76 bits per heavy atom. The molecule has 1 aliphatic rings. The van der Waals surface area contributed by atoms with Crippen LogP contribution in [0.5, 0.6) is 0 Å². The minimum Gasteiger partial charge on any atom is -0.383 e. The zero-order valence-corrected chi connectivity index (χ0v) is 12.0. The van der Waals surface area contributed by atoms with Gasteiger partial charge >= 0.3 is 0 Å². The Bertz CT molecular complexity index is 607. The maximum atomic E-state index is 12.6. The number of hydrogen-bond donors (Lipinski definition) is 2. The highest BCUT2D eigenvalue weighted by atomic mass is 16.3. The van der Waals surface area contributed by atoms with Gasteiger partial charge in [-0.25, -0.2) is 0 Å². The summed E-state index contributed by atoms with van der Waals surface area (Å²) in [5.74, 6) is -2.22. The first kappa shape index (κ1) is 15.4. The highest BCUT2D eigenvalue weighted by Crippen LogP contribution is 2.32. The third-order valence-electron chi connectivity index (χ3n) is 3.50. The molecule has 0 aliphatic heterocycles. The number of carbonyl (C=O) groups excluding carboxylic acids is 2. The molecule has 2 N–H and O–H groups in total. The van der Waals surface area contributed by atoms with Crippen LogP contribution in [0.4, 0.5) is 0 Å². The van der Waals surface area contributed by atoms with E-state index in [2.05, 4.69) is 0 Å². The van der Waals surface area contributed by atoms with Crippen molar-refractivity contribution in [3.63, 3.8) is 0 Å². The number of rotatable bonds is 4. The summed E-state index contributed by atoms with van der Waals surface area (Å²) >= 11 is 0. The van der Waals surface area contributed by atoms with E-state index in [1.54, 1.807) is 36.4 Å². The maximum Gasteiger partial charge on any atom is 0.200 e. The van der Waals surface area contributed by atoms with Gasteiger partial charge in [0.2, 0.25) is 0 Å². The topological polar surface area (TPSA) is 74.6 Å². The van der Waals surface area contributed by atoms with Crippen LogP contribution in [0.2, 0.25) is 0 Å². The van der Waals surface area contributed by atoms with Crippen molar-refractivity contribution in [2.24, 2.45) is 5.92 Å². The predicted octanol–water partition coefficient (Wildman–Crippen LogP) is 1.68. The van der Waals surface area contributed by atoms with Crippen molar-refractivity contribution in [2.75, 3.05) is 0 Å². The quantitative estimate of drug-likeness (QED) is 0.826. The van der Waals surface area contributed by atoms with Gasteiger partial charge in [-0.15, -0.1) is 0 Å². The summed E-state index contributed by atoms with van der Waals surface area (Å²) in [5, 5.41) is 20.6. The average Bonchev–Trinajstić information content (AvgIpc) is 2.46. The molecule has 2 rings (SSSR count). The molecule has 21 heavy (non-hydrogen) atoms. The molecular formula is C17H18O4. The van der Waals surface area contributed by atoms with Gasteiger partial charge in [-0.05, 0) is 19.9 Å². The van der Waals surface area contributed by atoms with E-state index in [1.807, 2.05) is 0 Å². The zero-order chi connectivity index (χ0) is 15.7. The van der Waals surface area contributed by atoms with Crippen LogP contribution in [-0.2, 0) is 4.79 Å². The Morgan fingerprint density at radius 1 is 1.14 bits per heavy atom. The van der Waals surface area contributed by atoms with Crippen LogP contribution >= 0.6 is 0 Å². The Balaban J connectivity index is 2.42. The van der Waals surface area contributed by atoms with Crippen molar-refractivity contribution in [3.05, 3.63) is 60.2 Å². The highest BCUT2D eigenvalue weighted by molar-refractivity contribution is 6.07. The Labute approximate surface area is 123 Å². The van der Waals surface area contributed by atoms with Crippen molar-refractivity contribution >= 4 is 11.6 Å². The molecule has 0 saturated heterocycles. The molecule has 0 bridgehead atoms. The number of hydrogen-bond acceptors (Lipinski definition) is 4. The molecular weight excluding hydrogens is 268 g/mol. The molecule has 4 heteroatoms. The SMILES string of the molecule is CC(C)(O)C(=O)C1(O)C=CC=CC1C(=O)c1ccccc1. The van der Waals surface area contributed by atoms with Crippen LogP contribution in [0.3, 0.4) is 0 Å². The van der Waals surface area contributed by atoms with Gasteiger partial charge in [0.25, 0.3) is 0 Å². The van der Waals surface area contributed by atoms with E-state index in [1.165, 1.54) is 32.1 Å². The molecule has 0 radical (unpaired) electrons. The summed E-state index contributed by atoms with van der Waals surface area (Å²) < 4.78 is 0. The lowest BCUT2D eigenvalue weighted by molar-refractivity contribution is -0.151. The Hall–Kier alpha value is -2.04. The van der Waals surface area contributed by atoms with Gasteiger partial charge in [-0.1, -0.05) is 48.6 Å². The van der Waals surface area contributed by atoms with Crippen molar-refractivity contribution in [3.8, 4) is 0 Å². The average molecular weight is 286 g/mol. The van der Waals surface area contributed by atoms with Crippen molar-refractivity contribution in [1.82, 2.24) is 0 Å². The lowest BCUT2D eigenvalue weighted by Crippen LogP contribution is -2.55. The van der Waals surface area contributed by atoms with E-state index in [-0.39, 0.29) is 5.78 Å². The summed E-state index contributed by atoms with van der Waals surface area (Å²) in [7, 11) is 0. The second-order valence-electron chi connectivity index (χ2n) is 5.67. The van der Waals surface area contributed by atoms with E-state index in [0.717, 1.165) is 0 Å². The molecule has 4 nitrogen and oxygen atoms in total. The van der Waals surface area contributed by atoms with E-state index in [9.17, 15) is 19.8 Å². The first-order valence-corrected chi connectivity index (χ1v) is 6.72. The number of benzene rings is 1. The second-order valence-corrected chi connectivity index (χ2v) is 5.67. The number of allylic oxidation sites excluding steroid dienone is 2. The van der Waals surface area contributed by atoms with Gasteiger partial charge in [0.15, 0.2) is 17.2 Å². The fraction of sp³-hybridized carbons (Fsp3) is 0.294. The number of Topliss-reactive ketones (excluding diaryl/α,β-unsaturated/α-hetero) is 2. The van der Waals surface area contributed by atoms with E-state index < -0.39 is 22.9 Å². The Kier molecular flexibility index (Phi) is 3.94. The third kappa shape index (κ3) is 2.86. The lowest BCUT2D eigenvalue weighted by Gasteiger charge is -2.35. The Morgan fingerprint density at radius 3 is 2.33 bits per heavy atom. The lowest BCUT2D eigenvalue weighted by atomic mass is 9.73. The van der Waals surface area contributed by atoms with E-state index >= 15 is 0 Å². The molecule has 2 unspecified atom stereocenters. The minimum absolute atomic E-state index is 0.365. The van der Waals surface area contributed by atoms with Crippen LogP contribution in [0.1, 0.15) is 24.2 Å². The van der Waals surface area contributed by atoms with Gasteiger partial charge < -0.3 is 10.2 Å². The molecule has 1 aliphatic carbocycles. The molecule has 1 aromatic carbocycles. The summed E-state index contributed by atoms with van der Waals surface area (Å²) in [6.45, 7) is 2.59. The molecule has 1 aromatic rings. The summed E-state index contributed by atoms with van der Waals surface area (Å²) in [4.78, 5) is 24.9. The van der Waals surface area contributed by atoms with Crippen LogP contribution in [0.25, 0.3) is 0 Å². The minimum atomic E-state index is -2.04. The van der Waals surface area contributed by atoms with Gasteiger partial charge in [0.05, 0.1) is 5.92 Å². The largest absolute Gasteiger partial charge is 0.383 e. The maximum absolute atomic E-state index is 12.6. The zero-order valence-electron chi connectivity index (χ0n) is 12.0. The molecule has 2 atom stereocenters. The number of carbonyl (C=O) groups is 2. The van der Waals surface area contributed by atoms with Crippen LogP contribution in [0, 0.1) is 5.92 Å². The summed E-state index contributed by atoms with van der Waals surface area (Å²) in [5.41, 5.74) is -3.37. The van der Waals surface area contributed by atoms with Crippen molar-refractivity contribution in [2.45, 2.75) is 25.0 Å². The fourth-order valence-electron chi connectivity index (χ4n) is 2.40.